The van der Waals surface area contributed by atoms with Gasteiger partial charge >= 0.3 is 0 Å². The monoisotopic (exact) mass is 362 g/mol. The van der Waals surface area contributed by atoms with E-state index in [1.165, 1.54) is 6.07 Å². The summed E-state index contributed by atoms with van der Waals surface area (Å²) in [4.78, 5) is 4.50. The molecule has 0 saturated heterocycles. The van der Waals surface area contributed by atoms with Crippen LogP contribution in [0.5, 0.6) is 0 Å². The fourth-order valence-corrected chi connectivity index (χ4v) is 3.30. The summed E-state index contributed by atoms with van der Waals surface area (Å²) in [7, 11) is -4.16. The molecule has 0 heterocycles. The Morgan fingerprint density at radius 1 is 1.00 bits per heavy atom. The second kappa shape index (κ2) is 11.5. The van der Waals surface area contributed by atoms with Gasteiger partial charge in [-0.1, -0.05) is 49.8 Å². The van der Waals surface area contributed by atoms with Crippen molar-refractivity contribution in [2.24, 2.45) is 0 Å². The molecule has 0 bridgehead atoms. The Kier molecular flexibility index (Phi) is 10.1. The van der Waals surface area contributed by atoms with Gasteiger partial charge < -0.3 is 0 Å². The molecule has 1 aromatic carbocycles. The maximum absolute atomic E-state index is 11.4. The molecule has 2 N–H and O–H groups in total. The van der Waals surface area contributed by atoms with Gasteiger partial charge in [-0.2, -0.15) is 8.42 Å². The van der Waals surface area contributed by atoms with Crippen molar-refractivity contribution < 1.29 is 33.2 Å². The summed E-state index contributed by atoms with van der Waals surface area (Å²) in [5.74, 6) is 0. The van der Waals surface area contributed by atoms with Gasteiger partial charge in [0.25, 0.3) is 10.1 Å². The second-order valence-corrected chi connectivity index (χ2v) is 7.17. The molecule has 0 aliphatic heterocycles. The number of hydrogen-bond acceptors (Lipinski definition) is 6. The van der Waals surface area contributed by atoms with E-state index >= 15 is 0 Å². The lowest BCUT2D eigenvalue weighted by molar-refractivity contribution is -0.623. The molecular formula is C16H26O7S. The lowest BCUT2D eigenvalue weighted by atomic mass is 10.0. The van der Waals surface area contributed by atoms with Gasteiger partial charge in [0.1, 0.15) is 0 Å². The molecule has 0 radical (unpaired) electrons. The van der Waals surface area contributed by atoms with Gasteiger partial charge in [-0.25, -0.2) is 10.1 Å². The average molecular weight is 362 g/mol. The van der Waals surface area contributed by atoms with Gasteiger partial charge in [-0.15, -0.1) is 0 Å². The van der Waals surface area contributed by atoms with Crippen molar-refractivity contribution in [3.05, 3.63) is 29.3 Å². The highest BCUT2D eigenvalue weighted by Gasteiger charge is 2.14. The highest BCUT2D eigenvalue weighted by atomic mass is 32.2. The molecule has 0 fully saturated rings. The van der Waals surface area contributed by atoms with Gasteiger partial charge in [-0.05, 0) is 47.9 Å². The third-order valence-corrected chi connectivity index (χ3v) is 4.70. The predicted octanol–water partition coefficient (Wildman–Crippen LogP) is 3.87. The molecule has 0 unspecified atom stereocenters. The van der Waals surface area contributed by atoms with Crippen LogP contribution in [0.3, 0.4) is 0 Å². The molecule has 0 amide bonds. The van der Waals surface area contributed by atoms with E-state index in [0.29, 0.717) is 18.6 Å². The van der Waals surface area contributed by atoms with Crippen LogP contribution in [0.15, 0.2) is 23.1 Å². The zero-order chi connectivity index (χ0) is 17.8. The number of benzene rings is 1. The summed E-state index contributed by atoms with van der Waals surface area (Å²) in [5.41, 5.74) is 1.66. The second-order valence-electron chi connectivity index (χ2n) is 5.78. The fourth-order valence-electron chi connectivity index (χ4n) is 2.57. The molecule has 0 atom stereocenters. The quantitative estimate of drug-likeness (QED) is 0.238. The summed E-state index contributed by atoms with van der Waals surface area (Å²) < 4.78 is 32.0. The number of unbranched alkanes of at least 4 members (excludes halogenated alkanes) is 6. The van der Waals surface area contributed by atoms with Crippen molar-refractivity contribution >= 4 is 10.1 Å². The van der Waals surface area contributed by atoms with Crippen molar-refractivity contribution in [3.63, 3.8) is 0 Å². The number of hydrogen-bond donors (Lipinski definition) is 2. The van der Waals surface area contributed by atoms with Crippen molar-refractivity contribution in [2.45, 2.75) is 63.2 Å². The highest BCUT2D eigenvalue weighted by molar-refractivity contribution is 7.85. The van der Waals surface area contributed by atoms with Gasteiger partial charge in [0.2, 0.25) is 0 Å². The number of aryl methyl sites for hydroxylation is 2. The molecule has 0 aliphatic carbocycles. The van der Waals surface area contributed by atoms with E-state index in [4.69, 9.17) is 5.26 Å². The first-order chi connectivity index (χ1) is 11.4. The molecule has 0 aromatic heterocycles. The molecule has 138 valence electrons. The van der Waals surface area contributed by atoms with E-state index in [9.17, 15) is 13.0 Å². The maximum atomic E-state index is 11.4. The minimum atomic E-state index is -4.16. The maximum Gasteiger partial charge on any atom is 0.294 e. The Bertz CT molecular complexity index is 572. The van der Waals surface area contributed by atoms with Gasteiger partial charge in [0, 0.05) is 0 Å². The molecule has 0 saturated carbocycles. The van der Waals surface area contributed by atoms with E-state index in [1.54, 1.807) is 6.07 Å². The van der Waals surface area contributed by atoms with Crippen LogP contribution >= 0.6 is 0 Å². The lowest BCUT2D eigenvalue weighted by Crippen LogP contribution is -2.03. The lowest BCUT2D eigenvalue weighted by Gasteiger charge is -2.08. The van der Waals surface area contributed by atoms with Gasteiger partial charge in [0.05, 0.1) is 11.5 Å². The van der Waals surface area contributed by atoms with E-state index in [1.807, 2.05) is 13.0 Å². The first-order valence-corrected chi connectivity index (χ1v) is 9.56. The summed E-state index contributed by atoms with van der Waals surface area (Å²) in [6.45, 7) is 2.27. The summed E-state index contributed by atoms with van der Waals surface area (Å²) in [5, 5.41) is 15.0. The third-order valence-electron chi connectivity index (χ3n) is 3.75. The molecule has 7 nitrogen and oxygen atoms in total. The standard InChI is InChI=1S/C16H26O7S/c1-14-10-11-16(24(18,19)20)15(13-14)9-7-5-3-2-4-6-8-12-21-23-22-17/h10-11,13,17H,2-9,12H2,1H3,(H,18,19,20). The SMILES string of the molecule is Cc1ccc(S(=O)(=O)O)c(CCCCCCCCCOOOO)c1. The van der Waals surface area contributed by atoms with Gasteiger partial charge in [-0.3, -0.25) is 4.55 Å². The fraction of sp³-hybridized carbons (Fsp3) is 0.625. The van der Waals surface area contributed by atoms with Crippen LogP contribution < -0.4 is 0 Å². The van der Waals surface area contributed by atoms with Crippen LogP contribution in [0.25, 0.3) is 0 Å². The Hall–Kier alpha value is -1.03. The summed E-state index contributed by atoms with van der Waals surface area (Å²) in [6.07, 6.45) is 7.60. The topological polar surface area (TPSA) is 102 Å². The zero-order valence-electron chi connectivity index (χ0n) is 13.9. The van der Waals surface area contributed by atoms with Crippen LogP contribution in [-0.4, -0.2) is 24.8 Å². The largest absolute Gasteiger partial charge is 0.294 e. The van der Waals surface area contributed by atoms with E-state index < -0.39 is 10.1 Å². The van der Waals surface area contributed by atoms with Crippen LogP contribution in [0, 0.1) is 6.92 Å². The highest BCUT2D eigenvalue weighted by Crippen LogP contribution is 2.20. The van der Waals surface area contributed by atoms with Crippen molar-refractivity contribution in [3.8, 4) is 0 Å². The number of rotatable bonds is 13. The molecule has 0 spiro atoms. The minimum Gasteiger partial charge on any atom is -0.282 e. The van der Waals surface area contributed by atoms with Crippen LogP contribution in [0.1, 0.15) is 56.1 Å². The molecule has 1 rings (SSSR count). The zero-order valence-corrected chi connectivity index (χ0v) is 14.8. The molecular weight excluding hydrogens is 336 g/mol. The normalized spacial score (nSPS) is 11.8. The Morgan fingerprint density at radius 3 is 2.25 bits per heavy atom. The Labute approximate surface area is 143 Å². The first kappa shape index (κ1) is 21.0. The summed E-state index contributed by atoms with van der Waals surface area (Å²) in [6, 6.07) is 4.98. The van der Waals surface area contributed by atoms with Crippen molar-refractivity contribution in [2.75, 3.05) is 6.61 Å². The van der Waals surface area contributed by atoms with E-state index in [0.717, 1.165) is 50.5 Å². The first-order valence-electron chi connectivity index (χ1n) is 8.12. The predicted molar refractivity (Wildman–Crippen MR) is 87.8 cm³/mol. The van der Waals surface area contributed by atoms with Gasteiger partial charge in [0.15, 0.2) is 0 Å². The minimum absolute atomic E-state index is 0.0159. The molecule has 8 heteroatoms. The van der Waals surface area contributed by atoms with E-state index in [2.05, 4.69) is 15.0 Å². The molecule has 1 aromatic rings. The Balaban J connectivity index is 2.19. The van der Waals surface area contributed by atoms with Crippen molar-refractivity contribution in [1.82, 2.24) is 0 Å². The molecule has 24 heavy (non-hydrogen) atoms. The molecule has 0 aliphatic rings. The van der Waals surface area contributed by atoms with Crippen molar-refractivity contribution in [1.29, 1.82) is 0 Å². The average Bonchev–Trinajstić information content (AvgIpc) is 2.51. The van der Waals surface area contributed by atoms with Crippen LogP contribution in [0.4, 0.5) is 0 Å². The summed E-state index contributed by atoms with van der Waals surface area (Å²) >= 11 is 0. The van der Waals surface area contributed by atoms with Crippen LogP contribution in [-0.2, 0) is 31.5 Å². The van der Waals surface area contributed by atoms with Crippen LogP contribution in [0.2, 0.25) is 0 Å². The van der Waals surface area contributed by atoms with E-state index in [-0.39, 0.29) is 4.90 Å². The smallest absolute Gasteiger partial charge is 0.282 e. The Morgan fingerprint density at radius 2 is 1.62 bits per heavy atom. The third kappa shape index (κ3) is 8.72.